The van der Waals surface area contributed by atoms with Crippen LogP contribution in [0.2, 0.25) is 0 Å². The van der Waals surface area contributed by atoms with E-state index >= 15 is 0 Å². The predicted octanol–water partition coefficient (Wildman–Crippen LogP) is 4.41. The van der Waals surface area contributed by atoms with Gasteiger partial charge in [0.15, 0.2) is 0 Å². The van der Waals surface area contributed by atoms with Gasteiger partial charge in [0.05, 0.1) is 6.07 Å². The van der Waals surface area contributed by atoms with Gasteiger partial charge in [-0.1, -0.05) is 36.4 Å². The number of nitrogens with one attached hydrogen (secondary N) is 2. The van der Waals surface area contributed by atoms with E-state index in [0.717, 1.165) is 15.7 Å². The molecule has 0 saturated carbocycles. The summed E-state index contributed by atoms with van der Waals surface area (Å²) in [4.78, 5) is 39.9. The lowest BCUT2D eigenvalue weighted by molar-refractivity contribution is -0.137. The number of nitrogens with zero attached hydrogens (tertiary/aromatic N) is 2. The first kappa shape index (κ1) is 27.0. The van der Waals surface area contributed by atoms with Crippen molar-refractivity contribution in [1.82, 2.24) is 10.2 Å². The number of benzene rings is 3. The van der Waals surface area contributed by atoms with Crippen molar-refractivity contribution >= 4 is 34.4 Å². The lowest BCUT2D eigenvalue weighted by atomic mass is 10.0. The first-order chi connectivity index (χ1) is 17.5. The zero-order valence-corrected chi connectivity index (χ0v) is 21.2. The van der Waals surface area contributed by atoms with E-state index in [1.165, 1.54) is 12.1 Å². The summed E-state index contributed by atoms with van der Waals surface area (Å²) in [6.07, 6.45) is -0.796. The normalized spacial score (nSPS) is 11.8. The number of rotatable bonds is 7. The second kappa shape index (κ2) is 11.4. The average Bonchev–Trinajstić information content (AvgIpc) is 2.83. The SMILES string of the molecule is Cc1cc(C(C(=O)Nc2ccc3ccccc3c2)N(CC#N)C(=O)CNC(=O)OC(C)(C)C)ccc1O. The van der Waals surface area contributed by atoms with Crippen LogP contribution in [0.4, 0.5) is 10.5 Å². The predicted molar refractivity (Wildman–Crippen MR) is 140 cm³/mol. The van der Waals surface area contributed by atoms with E-state index in [-0.39, 0.29) is 5.75 Å². The summed E-state index contributed by atoms with van der Waals surface area (Å²) in [6, 6.07) is 18.3. The maximum atomic E-state index is 13.6. The molecule has 3 amide bonds. The molecule has 0 aliphatic rings. The van der Waals surface area contributed by atoms with Crippen LogP contribution in [0, 0.1) is 18.3 Å². The Labute approximate surface area is 215 Å². The Morgan fingerprint density at radius 3 is 2.41 bits per heavy atom. The molecule has 0 aliphatic carbocycles. The first-order valence-electron chi connectivity index (χ1n) is 11.7. The van der Waals surface area contributed by atoms with Crippen LogP contribution in [0.25, 0.3) is 10.8 Å². The molecule has 0 radical (unpaired) electrons. The van der Waals surface area contributed by atoms with Crippen LogP contribution in [-0.4, -0.2) is 46.6 Å². The first-order valence-corrected chi connectivity index (χ1v) is 11.7. The van der Waals surface area contributed by atoms with Crippen molar-refractivity contribution in [3.8, 4) is 11.8 Å². The van der Waals surface area contributed by atoms with E-state index in [4.69, 9.17) is 4.74 Å². The molecule has 9 heteroatoms. The van der Waals surface area contributed by atoms with Gasteiger partial charge in [0.2, 0.25) is 5.91 Å². The molecule has 37 heavy (non-hydrogen) atoms. The number of alkyl carbamates (subject to hydrolysis) is 1. The number of ether oxygens (including phenoxy) is 1. The minimum absolute atomic E-state index is 0.0298. The number of carbonyl (C=O) groups is 3. The Morgan fingerprint density at radius 1 is 1.05 bits per heavy atom. The van der Waals surface area contributed by atoms with Gasteiger partial charge in [0, 0.05) is 5.69 Å². The molecule has 9 nitrogen and oxygen atoms in total. The van der Waals surface area contributed by atoms with E-state index in [0.29, 0.717) is 16.8 Å². The summed E-state index contributed by atoms with van der Waals surface area (Å²) in [5, 5.41) is 26.6. The minimum atomic E-state index is -1.21. The van der Waals surface area contributed by atoms with Crippen molar-refractivity contribution in [1.29, 1.82) is 5.26 Å². The molecule has 0 aliphatic heterocycles. The second-order valence-electron chi connectivity index (χ2n) is 9.53. The molecule has 3 aromatic carbocycles. The van der Waals surface area contributed by atoms with Crippen LogP contribution in [0.5, 0.6) is 5.75 Å². The molecule has 1 unspecified atom stereocenters. The van der Waals surface area contributed by atoms with Crippen LogP contribution in [0.15, 0.2) is 60.7 Å². The topological polar surface area (TPSA) is 132 Å². The molecule has 1 atom stereocenters. The number of anilines is 1. The van der Waals surface area contributed by atoms with Crippen molar-refractivity contribution < 1.29 is 24.2 Å². The standard InChI is InChI=1S/C28H30N4O5/c1-18-15-21(10-12-23(18)33)25(26(35)31-22-11-9-19-7-5-6-8-20(19)16-22)32(14-13-29)24(34)17-30-27(36)37-28(2,3)4/h5-12,15-16,25,33H,14,17H2,1-4H3,(H,30,36)(H,31,35). The maximum Gasteiger partial charge on any atom is 0.408 e. The fraction of sp³-hybridized carbons (Fsp3) is 0.286. The number of phenolic OH excluding ortho intramolecular Hbond substituents is 1. The van der Waals surface area contributed by atoms with Crippen molar-refractivity contribution in [2.24, 2.45) is 0 Å². The second-order valence-corrected chi connectivity index (χ2v) is 9.53. The third kappa shape index (κ3) is 7.21. The summed E-state index contributed by atoms with van der Waals surface area (Å²) < 4.78 is 5.17. The van der Waals surface area contributed by atoms with Crippen molar-refractivity contribution in [2.45, 2.75) is 39.3 Å². The molecule has 0 aromatic heterocycles. The number of phenols is 1. The van der Waals surface area contributed by atoms with Crippen LogP contribution in [0.3, 0.4) is 0 Å². The van der Waals surface area contributed by atoms with Gasteiger partial charge in [-0.15, -0.1) is 0 Å². The lowest BCUT2D eigenvalue weighted by Gasteiger charge is -2.30. The molecule has 0 saturated heterocycles. The smallest absolute Gasteiger partial charge is 0.408 e. The highest BCUT2D eigenvalue weighted by Crippen LogP contribution is 2.28. The summed E-state index contributed by atoms with van der Waals surface area (Å²) in [7, 11) is 0. The van der Waals surface area contributed by atoms with E-state index in [2.05, 4.69) is 10.6 Å². The number of nitriles is 1. The quantitative estimate of drug-likeness (QED) is 0.410. The van der Waals surface area contributed by atoms with Gasteiger partial charge >= 0.3 is 6.09 Å². The van der Waals surface area contributed by atoms with Crippen molar-refractivity contribution in [2.75, 3.05) is 18.4 Å². The maximum absolute atomic E-state index is 13.6. The zero-order chi connectivity index (χ0) is 27.2. The molecular weight excluding hydrogens is 472 g/mol. The number of aryl methyl sites for hydroxylation is 1. The van der Waals surface area contributed by atoms with Gasteiger partial charge in [-0.25, -0.2) is 4.79 Å². The van der Waals surface area contributed by atoms with Gasteiger partial charge in [0.1, 0.15) is 30.5 Å². The van der Waals surface area contributed by atoms with Gasteiger partial charge in [-0.2, -0.15) is 5.26 Å². The van der Waals surface area contributed by atoms with Crippen LogP contribution < -0.4 is 10.6 Å². The Balaban J connectivity index is 1.92. The number of aromatic hydroxyl groups is 1. The summed E-state index contributed by atoms with van der Waals surface area (Å²) in [6.45, 7) is 5.85. The third-order valence-corrected chi connectivity index (χ3v) is 5.46. The van der Waals surface area contributed by atoms with Crippen LogP contribution in [0.1, 0.15) is 37.9 Å². The van der Waals surface area contributed by atoms with E-state index in [1.807, 2.05) is 42.5 Å². The largest absolute Gasteiger partial charge is 0.508 e. The fourth-order valence-corrected chi connectivity index (χ4v) is 3.76. The number of fused-ring (bicyclic) bond motifs is 1. The summed E-state index contributed by atoms with van der Waals surface area (Å²) >= 11 is 0. The van der Waals surface area contributed by atoms with E-state index in [9.17, 15) is 24.8 Å². The highest BCUT2D eigenvalue weighted by molar-refractivity contribution is 6.00. The molecule has 0 spiro atoms. The van der Waals surface area contributed by atoms with Crippen molar-refractivity contribution in [3.05, 3.63) is 71.8 Å². The van der Waals surface area contributed by atoms with E-state index < -0.39 is 42.6 Å². The number of hydrogen-bond donors (Lipinski definition) is 3. The molecule has 3 N–H and O–H groups in total. The van der Waals surface area contributed by atoms with Gasteiger partial charge in [-0.05, 0) is 73.9 Å². The number of hydrogen-bond acceptors (Lipinski definition) is 6. The third-order valence-electron chi connectivity index (χ3n) is 5.46. The molecule has 3 aromatic rings. The lowest BCUT2D eigenvalue weighted by Crippen LogP contribution is -2.46. The monoisotopic (exact) mass is 502 g/mol. The highest BCUT2D eigenvalue weighted by Gasteiger charge is 2.32. The highest BCUT2D eigenvalue weighted by atomic mass is 16.6. The number of carbonyl (C=O) groups excluding carboxylic acids is 3. The van der Waals surface area contributed by atoms with Gasteiger partial charge in [0.25, 0.3) is 5.91 Å². The molecule has 0 bridgehead atoms. The van der Waals surface area contributed by atoms with Gasteiger partial charge in [-0.3, -0.25) is 9.59 Å². The molecule has 0 fully saturated rings. The molecule has 3 rings (SSSR count). The minimum Gasteiger partial charge on any atom is -0.508 e. The number of amides is 3. The molecule has 192 valence electrons. The Hall–Kier alpha value is -4.58. The molecule has 0 heterocycles. The molecular formula is C28H30N4O5. The summed E-state index contributed by atoms with van der Waals surface area (Å²) in [5.41, 5.74) is 0.651. The van der Waals surface area contributed by atoms with E-state index in [1.54, 1.807) is 39.8 Å². The van der Waals surface area contributed by atoms with Crippen molar-refractivity contribution in [3.63, 3.8) is 0 Å². The Kier molecular flexibility index (Phi) is 8.35. The Morgan fingerprint density at radius 2 is 1.76 bits per heavy atom. The average molecular weight is 503 g/mol. The van der Waals surface area contributed by atoms with Crippen LogP contribution >= 0.6 is 0 Å². The summed E-state index contributed by atoms with van der Waals surface area (Å²) in [5.74, 6) is -1.18. The fourth-order valence-electron chi connectivity index (χ4n) is 3.76. The zero-order valence-electron chi connectivity index (χ0n) is 21.2. The Bertz CT molecular complexity index is 1360. The van der Waals surface area contributed by atoms with Gasteiger partial charge < -0.3 is 25.4 Å². The van der Waals surface area contributed by atoms with Crippen LogP contribution in [-0.2, 0) is 14.3 Å².